The second-order valence-electron chi connectivity index (χ2n) is 5.42. The summed E-state index contributed by atoms with van der Waals surface area (Å²) < 4.78 is 14.8. The summed E-state index contributed by atoms with van der Waals surface area (Å²) in [7, 11) is 0. The van der Waals surface area contributed by atoms with Gasteiger partial charge in [0.15, 0.2) is 5.82 Å². The topological polar surface area (TPSA) is 69.9 Å². The van der Waals surface area contributed by atoms with Crippen molar-refractivity contribution in [2.75, 3.05) is 11.6 Å². The molecule has 20 heavy (non-hydrogen) atoms. The Bertz CT molecular complexity index is 614. The van der Waals surface area contributed by atoms with Crippen molar-refractivity contribution in [2.24, 2.45) is 0 Å². The molecule has 1 fully saturated rings. The first kappa shape index (κ1) is 13.0. The minimum absolute atomic E-state index is 0.298. The lowest BCUT2D eigenvalue weighted by Gasteiger charge is -2.20. The first-order valence-corrected chi connectivity index (χ1v) is 7.06. The van der Waals surface area contributed by atoms with Gasteiger partial charge in [-0.2, -0.15) is 0 Å². The highest BCUT2D eigenvalue weighted by Crippen LogP contribution is 2.35. The van der Waals surface area contributed by atoms with Crippen molar-refractivity contribution < 1.29 is 4.39 Å². The molecule has 106 valence electrons. The van der Waals surface area contributed by atoms with Gasteiger partial charge in [0.1, 0.15) is 17.3 Å². The van der Waals surface area contributed by atoms with E-state index >= 15 is 0 Å². The van der Waals surface area contributed by atoms with E-state index in [9.17, 15) is 4.39 Å². The summed E-state index contributed by atoms with van der Waals surface area (Å²) in [5.74, 6) is 7.33. The Hall–Kier alpha value is -2.04. The quantitative estimate of drug-likeness (QED) is 0.827. The van der Waals surface area contributed by atoms with E-state index in [2.05, 4.69) is 4.98 Å². The van der Waals surface area contributed by atoms with Crippen molar-refractivity contribution in [2.45, 2.75) is 38.0 Å². The lowest BCUT2D eigenvalue weighted by Crippen LogP contribution is -2.19. The van der Waals surface area contributed by atoms with E-state index in [1.807, 2.05) is 0 Å². The number of hydrogen-bond donors (Lipinski definition) is 2. The van der Waals surface area contributed by atoms with Crippen LogP contribution in [0.25, 0.3) is 11.3 Å². The number of imidazole rings is 1. The Balaban J connectivity index is 2.01. The summed E-state index contributed by atoms with van der Waals surface area (Å²) >= 11 is 0. The van der Waals surface area contributed by atoms with Crippen LogP contribution < -0.4 is 11.6 Å². The molecule has 0 saturated heterocycles. The lowest BCUT2D eigenvalue weighted by molar-refractivity contribution is 0.424. The molecule has 1 aliphatic rings. The van der Waals surface area contributed by atoms with Crippen LogP contribution in [0.4, 0.5) is 10.2 Å². The first-order chi connectivity index (χ1) is 9.66. The predicted octanol–water partition coefficient (Wildman–Crippen LogP) is 3.03. The zero-order chi connectivity index (χ0) is 14.1. The Kier molecular flexibility index (Phi) is 3.34. The van der Waals surface area contributed by atoms with Crippen LogP contribution in [0.2, 0.25) is 0 Å². The van der Waals surface area contributed by atoms with Gasteiger partial charge in [0.2, 0.25) is 0 Å². The molecule has 1 heterocycles. The number of halogens is 1. The number of hydrogen-bond acceptors (Lipinski definition) is 3. The first-order valence-electron chi connectivity index (χ1n) is 7.06. The average Bonchev–Trinajstić information content (AvgIpc) is 2.76. The van der Waals surface area contributed by atoms with E-state index in [1.54, 1.807) is 12.1 Å². The highest BCUT2D eigenvalue weighted by molar-refractivity contribution is 5.71. The molecule has 1 aromatic carbocycles. The van der Waals surface area contributed by atoms with Crippen LogP contribution in [0.3, 0.4) is 0 Å². The second kappa shape index (κ2) is 5.15. The number of anilines is 1. The summed E-state index contributed by atoms with van der Waals surface area (Å²) in [5, 5.41) is 0. The third-order valence-corrected chi connectivity index (χ3v) is 4.04. The van der Waals surface area contributed by atoms with Crippen molar-refractivity contribution in [1.29, 1.82) is 0 Å². The number of aromatic nitrogens is 2. The van der Waals surface area contributed by atoms with Crippen molar-refractivity contribution in [3.05, 3.63) is 35.9 Å². The Morgan fingerprint density at radius 1 is 1.20 bits per heavy atom. The zero-order valence-corrected chi connectivity index (χ0v) is 11.3. The fraction of sp³-hybridized carbons (Fsp3) is 0.400. The minimum Gasteiger partial charge on any atom is -0.382 e. The van der Waals surface area contributed by atoms with E-state index in [-0.39, 0.29) is 5.82 Å². The van der Waals surface area contributed by atoms with E-state index in [1.165, 1.54) is 36.1 Å². The molecule has 4 nitrogen and oxygen atoms in total. The van der Waals surface area contributed by atoms with Gasteiger partial charge in [-0.3, -0.25) is 0 Å². The maximum absolute atomic E-state index is 13.3. The summed E-state index contributed by atoms with van der Waals surface area (Å²) in [6, 6.07) is 6.29. The highest BCUT2D eigenvalue weighted by atomic mass is 19.1. The minimum atomic E-state index is -0.298. The molecule has 2 aromatic rings. The smallest absolute Gasteiger partial charge is 0.150 e. The molecule has 0 aliphatic heterocycles. The maximum Gasteiger partial charge on any atom is 0.150 e. The molecule has 0 bridgehead atoms. The molecule has 1 aromatic heterocycles. The molecule has 0 radical (unpaired) electrons. The molecule has 3 rings (SSSR count). The molecular weight excluding hydrogens is 255 g/mol. The van der Waals surface area contributed by atoms with Gasteiger partial charge in [0.25, 0.3) is 0 Å². The van der Waals surface area contributed by atoms with Crippen molar-refractivity contribution in [1.82, 2.24) is 9.66 Å². The van der Waals surface area contributed by atoms with Crippen LogP contribution in [0.15, 0.2) is 24.3 Å². The third-order valence-electron chi connectivity index (χ3n) is 4.04. The molecule has 0 amide bonds. The molecule has 0 unspecified atom stereocenters. The summed E-state index contributed by atoms with van der Waals surface area (Å²) in [4.78, 5) is 4.59. The van der Waals surface area contributed by atoms with Gasteiger partial charge in [-0.15, -0.1) is 0 Å². The largest absolute Gasteiger partial charge is 0.382 e. The fourth-order valence-corrected chi connectivity index (χ4v) is 2.96. The monoisotopic (exact) mass is 274 g/mol. The molecule has 0 spiro atoms. The summed E-state index contributed by atoms with van der Waals surface area (Å²) in [5.41, 5.74) is 7.29. The Labute approximate surface area is 117 Å². The molecule has 1 aliphatic carbocycles. The molecule has 1 saturated carbocycles. The van der Waals surface area contributed by atoms with Gasteiger partial charge in [-0.25, -0.2) is 14.1 Å². The van der Waals surface area contributed by atoms with E-state index in [0.29, 0.717) is 23.0 Å². The van der Waals surface area contributed by atoms with Crippen LogP contribution in [-0.4, -0.2) is 9.66 Å². The standard InChI is InChI=1S/C15H19FN4/c16-12-8-4-7-11(9-12)13-14(17)20(18)15(19-13)10-5-2-1-3-6-10/h4,7-10H,1-3,5-6,17-18H2. The van der Waals surface area contributed by atoms with Gasteiger partial charge >= 0.3 is 0 Å². The lowest BCUT2D eigenvalue weighted by atomic mass is 9.89. The van der Waals surface area contributed by atoms with Gasteiger partial charge in [-0.1, -0.05) is 31.4 Å². The Morgan fingerprint density at radius 2 is 1.95 bits per heavy atom. The van der Waals surface area contributed by atoms with E-state index in [4.69, 9.17) is 11.6 Å². The third kappa shape index (κ3) is 2.24. The number of rotatable bonds is 2. The van der Waals surface area contributed by atoms with Gasteiger partial charge in [-0.05, 0) is 25.0 Å². The number of benzene rings is 1. The van der Waals surface area contributed by atoms with E-state index < -0.39 is 0 Å². The van der Waals surface area contributed by atoms with Crippen molar-refractivity contribution >= 4 is 5.82 Å². The van der Waals surface area contributed by atoms with Crippen LogP contribution in [0.1, 0.15) is 43.8 Å². The SMILES string of the molecule is Nc1c(-c2cccc(F)c2)nc(C2CCCCC2)n1N. The second-order valence-corrected chi connectivity index (χ2v) is 5.42. The van der Waals surface area contributed by atoms with Crippen molar-refractivity contribution in [3.8, 4) is 11.3 Å². The molecule has 5 heteroatoms. The molecule has 0 atom stereocenters. The van der Waals surface area contributed by atoms with Gasteiger partial charge in [0.05, 0.1) is 0 Å². The maximum atomic E-state index is 13.3. The molecular formula is C15H19FN4. The number of nitrogen functional groups attached to an aromatic ring is 2. The average molecular weight is 274 g/mol. The Morgan fingerprint density at radius 3 is 2.65 bits per heavy atom. The predicted molar refractivity (Wildman–Crippen MR) is 78.0 cm³/mol. The summed E-state index contributed by atoms with van der Waals surface area (Å²) in [6.07, 6.45) is 5.86. The van der Waals surface area contributed by atoms with E-state index in [0.717, 1.165) is 18.7 Å². The zero-order valence-electron chi connectivity index (χ0n) is 11.3. The van der Waals surface area contributed by atoms with Crippen LogP contribution in [0, 0.1) is 5.82 Å². The van der Waals surface area contributed by atoms with Crippen LogP contribution in [0.5, 0.6) is 0 Å². The number of nitrogens with two attached hydrogens (primary N) is 2. The molecule has 4 N–H and O–H groups in total. The van der Waals surface area contributed by atoms with Gasteiger partial charge in [0, 0.05) is 11.5 Å². The highest BCUT2D eigenvalue weighted by Gasteiger charge is 2.23. The van der Waals surface area contributed by atoms with Crippen LogP contribution in [-0.2, 0) is 0 Å². The fourth-order valence-electron chi connectivity index (χ4n) is 2.96. The normalized spacial score (nSPS) is 16.4. The van der Waals surface area contributed by atoms with Crippen LogP contribution >= 0.6 is 0 Å². The summed E-state index contributed by atoms with van der Waals surface area (Å²) in [6.45, 7) is 0. The number of nitrogens with zero attached hydrogens (tertiary/aromatic N) is 2. The van der Waals surface area contributed by atoms with Crippen molar-refractivity contribution in [3.63, 3.8) is 0 Å². The van der Waals surface area contributed by atoms with Gasteiger partial charge < -0.3 is 11.6 Å².